The predicted octanol–water partition coefficient (Wildman–Crippen LogP) is 4.94. The zero-order chi connectivity index (χ0) is 19.6. The van der Waals surface area contributed by atoms with E-state index in [1.165, 1.54) is 7.11 Å². The Kier molecular flexibility index (Phi) is 7.79. The Hall–Kier alpha value is -2.89. The van der Waals surface area contributed by atoms with E-state index in [1.807, 2.05) is 43.3 Å². The Morgan fingerprint density at radius 1 is 1.15 bits per heavy atom. The number of nitro groups is 1. The van der Waals surface area contributed by atoms with E-state index in [4.69, 9.17) is 4.74 Å². The number of benzene rings is 2. The van der Waals surface area contributed by atoms with Crippen molar-refractivity contribution in [3.63, 3.8) is 0 Å². The number of unbranched alkanes of at least 4 members (excludes halogenated alkanes) is 1. The average molecular weight is 371 g/mol. The molecule has 2 rings (SSSR count). The molecule has 0 N–H and O–H groups in total. The molecule has 6 heteroatoms. The summed E-state index contributed by atoms with van der Waals surface area (Å²) in [6, 6.07) is 13.0. The van der Waals surface area contributed by atoms with Gasteiger partial charge in [0.1, 0.15) is 0 Å². The van der Waals surface area contributed by atoms with Crippen LogP contribution in [0.1, 0.15) is 38.2 Å². The van der Waals surface area contributed by atoms with Crippen LogP contribution in [-0.2, 0) is 16.0 Å². The normalized spacial score (nSPS) is 10.4. The maximum absolute atomic E-state index is 11.7. The lowest BCUT2D eigenvalue weighted by atomic mass is 9.98. The van der Waals surface area contributed by atoms with E-state index >= 15 is 0 Å². The highest BCUT2D eigenvalue weighted by atomic mass is 16.6. The van der Waals surface area contributed by atoms with Crippen LogP contribution in [0.2, 0.25) is 0 Å². The monoisotopic (exact) mass is 371 g/mol. The number of hydrogen-bond donors (Lipinski definition) is 0. The molecule has 144 valence electrons. The van der Waals surface area contributed by atoms with Gasteiger partial charge in [0.05, 0.1) is 18.6 Å². The second-order valence-corrected chi connectivity index (χ2v) is 6.25. The molecule has 0 bridgehead atoms. The summed E-state index contributed by atoms with van der Waals surface area (Å²) in [6.07, 6.45) is 3.16. The van der Waals surface area contributed by atoms with E-state index in [0.29, 0.717) is 30.8 Å². The fourth-order valence-electron chi connectivity index (χ4n) is 2.79. The minimum atomic E-state index is -0.405. The lowest BCUT2D eigenvalue weighted by Crippen LogP contribution is -2.04. The summed E-state index contributed by atoms with van der Waals surface area (Å²) >= 11 is 0. The third-order valence-corrected chi connectivity index (χ3v) is 4.23. The molecule has 0 fully saturated rings. The summed E-state index contributed by atoms with van der Waals surface area (Å²) in [4.78, 5) is 22.6. The third kappa shape index (κ3) is 5.81. The molecule has 27 heavy (non-hydrogen) atoms. The van der Waals surface area contributed by atoms with E-state index < -0.39 is 4.92 Å². The molecule has 2 aromatic carbocycles. The van der Waals surface area contributed by atoms with Gasteiger partial charge in [-0.3, -0.25) is 14.9 Å². The zero-order valence-corrected chi connectivity index (χ0v) is 15.8. The van der Waals surface area contributed by atoms with Crippen molar-refractivity contribution in [2.45, 2.75) is 39.0 Å². The molecular formula is C21H25NO5. The van der Waals surface area contributed by atoms with Gasteiger partial charge in [-0.2, -0.15) is 0 Å². The van der Waals surface area contributed by atoms with Gasteiger partial charge in [0.25, 0.3) is 0 Å². The van der Waals surface area contributed by atoms with Crippen LogP contribution in [0.4, 0.5) is 5.69 Å². The Labute approximate surface area is 159 Å². The second kappa shape index (κ2) is 10.3. The van der Waals surface area contributed by atoms with E-state index in [0.717, 1.165) is 24.0 Å². The molecule has 0 atom stereocenters. The zero-order valence-electron chi connectivity index (χ0n) is 15.8. The van der Waals surface area contributed by atoms with Crippen LogP contribution < -0.4 is 4.74 Å². The van der Waals surface area contributed by atoms with E-state index in [-0.39, 0.29) is 18.1 Å². The first-order valence-corrected chi connectivity index (χ1v) is 9.13. The van der Waals surface area contributed by atoms with Crippen molar-refractivity contribution in [2.24, 2.45) is 0 Å². The number of rotatable bonds is 10. The molecular weight excluding hydrogens is 346 g/mol. The Bertz CT molecular complexity index is 774. The third-order valence-electron chi connectivity index (χ3n) is 4.23. The lowest BCUT2D eigenvalue weighted by molar-refractivity contribution is -0.385. The summed E-state index contributed by atoms with van der Waals surface area (Å²) in [6.45, 7) is 2.47. The Morgan fingerprint density at radius 2 is 1.89 bits per heavy atom. The fraction of sp³-hybridized carbons (Fsp3) is 0.381. The van der Waals surface area contributed by atoms with Gasteiger partial charge >= 0.3 is 11.7 Å². The van der Waals surface area contributed by atoms with E-state index in [1.54, 1.807) is 6.07 Å². The number of hydrogen-bond acceptors (Lipinski definition) is 5. The van der Waals surface area contributed by atoms with Gasteiger partial charge < -0.3 is 9.47 Å². The highest BCUT2D eigenvalue weighted by molar-refractivity contribution is 5.76. The number of carbonyl (C=O) groups excluding carboxylic acids is 1. The van der Waals surface area contributed by atoms with Crippen LogP contribution in [0, 0.1) is 10.1 Å². The summed E-state index contributed by atoms with van der Waals surface area (Å²) in [5.74, 6) is 0.0173. The van der Waals surface area contributed by atoms with Crippen LogP contribution in [0.5, 0.6) is 5.75 Å². The smallest absolute Gasteiger partial charge is 0.311 e. The molecule has 0 aromatic heterocycles. The van der Waals surface area contributed by atoms with Crippen molar-refractivity contribution in [1.29, 1.82) is 0 Å². The van der Waals surface area contributed by atoms with E-state index in [2.05, 4.69) is 4.74 Å². The number of esters is 1. The number of aryl methyl sites for hydroxylation is 1. The molecule has 0 aliphatic heterocycles. The van der Waals surface area contributed by atoms with Crippen LogP contribution >= 0.6 is 0 Å². The quantitative estimate of drug-likeness (QED) is 0.256. The largest absolute Gasteiger partial charge is 0.486 e. The topological polar surface area (TPSA) is 78.7 Å². The van der Waals surface area contributed by atoms with Crippen molar-refractivity contribution in [3.05, 3.63) is 58.1 Å². The second-order valence-electron chi connectivity index (χ2n) is 6.25. The molecule has 0 radical (unpaired) electrons. The minimum absolute atomic E-state index is 0.0412. The fourth-order valence-corrected chi connectivity index (χ4v) is 2.79. The molecule has 0 heterocycles. The molecule has 0 saturated carbocycles. The maximum atomic E-state index is 11.7. The highest BCUT2D eigenvalue weighted by Gasteiger charge is 2.22. The number of nitrogens with zero attached hydrogens (tertiary/aromatic N) is 1. The Balaban J connectivity index is 2.41. The summed E-state index contributed by atoms with van der Waals surface area (Å²) in [7, 11) is 1.35. The molecule has 0 aliphatic carbocycles. The first-order chi connectivity index (χ1) is 13.1. The number of ether oxygens (including phenoxy) is 2. The molecule has 0 unspecified atom stereocenters. The average Bonchev–Trinajstić information content (AvgIpc) is 2.68. The molecule has 2 aromatic rings. The van der Waals surface area contributed by atoms with Crippen molar-refractivity contribution < 1.29 is 19.2 Å². The number of carbonyl (C=O) groups is 1. The maximum Gasteiger partial charge on any atom is 0.311 e. The summed E-state index contributed by atoms with van der Waals surface area (Å²) in [5.41, 5.74) is 2.32. The van der Waals surface area contributed by atoms with Crippen molar-refractivity contribution in [1.82, 2.24) is 0 Å². The SMILES string of the molecule is CCCCOc1c(-c2ccccc2)cc(CCCC(=O)OC)cc1[N+](=O)[O-]. The minimum Gasteiger partial charge on any atom is -0.486 e. The summed E-state index contributed by atoms with van der Waals surface area (Å²) in [5, 5.41) is 11.7. The van der Waals surface area contributed by atoms with Gasteiger partial charge in [-0.15, -0.1) is 0 Å². The predicted molar refractivity (Wildman–Crippen MR) is 104 cm³/mol. The molecule has 0 amide bonds. The first-order valence-electron chi connectivity index (χ1n) is 9.13. The lowest BCUT2D eigenvalue weighted by Gasteiger charge is -2.14. The van der Waals surface area contributed by atoms with Gasteiger partial charge in [0.15, 0.2) is 0 Å². The first kappa shape index (κ1) is 20.4. The van der Waals surface area contributed by atoms with Crippen LogP contribution in [-0.4, -0.2) is 24.6 Å². The van der Waals surface area contributed by atoms with Crippen LogP contribution in [0.3, 0.4) is 0 Å². The standard InChI is InChI=1S/C21H25NO5/c1-3-4-13-27-21-18(17-10-6-5-7-11-17)14-16(15-19(21)22(24)25)9-8-12-20(23)26-2/h5-7,10-11,14-15H,3-4,8-9,12-13H2,1-2H3. The number of nitro benzene ring substituents is 1. The van der Waals surface area contributed by atoms with Gasteiger partial charge in [-0.25, -0.2) is 0 Å². The van der Waals surface area contributed by atoms with Crippen molar-refractivity contribution >= 4 is 11.7 Å². The van der Waals surface area contributed by atoms with Crippen molar-refractivity contribution in [2.75, 3.05) is 13.7 Å². The Morgan fingerprint density at radius 3 is 2.52 bits per heavy atom. The molecule has 0 spiro atoms. The molecule has 6 nitrogen and oxygen atoms in total. The highest BCUT2D eigenvalue weighted by Crippen LogP contribution is 2.39. The van der Waals surface area contributed by atoms with Gasteiger partial charge in [-0.05, 0) is 36.5 Å². The van der Waals surface area contributed by atoms with E-state index in [9.17, 15) is 14.9 Å². The number of methoxy groups -OCH3 is 1. The molecule has 0 aliphatic rings. The van der Waals surface area contributed by atoms with Gasteiger partial charge in [0.2, 0.25) is 5.75 Å². The van der Waals surface area contributed by atoms with Crippen LogP contribution in [0.15, 0.2) is 42.5 Å². The van der Waals surface area contributed by atoms with Crippen LogP contribution in [0.25, 0.3) is 11.1 Å². The molecule has 0 saturated heterocycles. The van der Waals surface area contributed by atoms with Crippen molar-refractivity contribution in [3.8, 4) is 16.9 Å². The summed E-state index contributed by atoms with van der Waals surface area (Å²) < 4.78 is 10.5. The van der Waals surface area contributed by atoms with Gasteiger partial charge in [0, 0.05) is 18.1 Å². The van der Waals surface area contributed by atoms with Gasteiger partial charge in [-0.1, -0.05) is 43.7 Å².